The summed E-state index contributed by atoms with van der Waals surface area (Å²) in [5.41, 5.74) is 4.72. The molecule has 0 heterocycles. The van der Waals surface area contributed by atoms with Gasteiger partial charge >= 0.3 is 12.1 Å². The summed E-state index contributed by atoms with van der Waals surface area (Å²) in [7, 11) is 0. The number of carbonyl (C=O) groups excluding carboxylic acids is 1. The van der Waals surface area contributed by atoms with Crippen molar-refractivity contribution in [2.24, 2.45) is 5.73 Å². The highest BCUT2D eigenvalue weighted by Crippen LogP contribution is 2.32. The molecule has 0 aliphatic carbocycles. The van der Waals surface area contributed by atoms with Crippen molar-refractivity contribution in [1.29, 1.82) is 0 Å². The Kier molecular flexibility index (Phi) is 4.72. The molecule has 0 saturated heterocycles. The average Bonchev–Trinajstić information content (AvgIpc) is 2.28. The normalized spacial score (nSPS) is 13.2. The first-order valence-corrected chi connectivity index (χ1v) is 5.43. The van der Waals surface area contributed by atoms with Crippen LogP contribution in [0.15, 0.2) is 24.3 Å². The standard InChI is InChI=1S/C12H14F3NO2/c1-2-18-11(17)10(16)7-8-5-3-4-6-9(8)12(13,14)15/h3-6,10H,2,7,16H2,1H3. The maximum atomic E-state index is 12.7. The smallest absolute Gasteiger partial charge is 0.416 e. The van der Waals surface area contributed by atoms with Crippen LogP contribution in [-0.4, -0.2) is 18.6 Å². The van der Waals surface area contributed by atoms with E-state index in [9.17, 15) is 18.0 Å². The number of esters is 1. The summed E-state index contributed by atoms with van der Waals surface area (Å²) in [5, 5.41) is 0. The molecule has 100 valence electrons. The number of halogens is 3. The summed E-state index contributed by atoms with van der Waals surface area (Å²) >= 11 is 0. The molecular formula is C12H14F3NO2. The minimum absolute atomic E-state index is 0.00875. The number of hydrogen-bond donors (Lipinski definition) is 1. The lowest BCUT2D eigenvalue weighted by atomic mass is 10.0. The van der Waals surface area contributed by atoms with Crippen molar-refractivity contribution in [2.75, 3.05) is 6.61 Å². The summed E-state index contributed by atoms with van der Waals surface area (Å²) in [4.78, 5) is 11.3. The van der Waals surface area contributed by atoms with Crippen molar-refractivity contribution in [1.82, 2.24) is 0 Å². The lowest BCUT2D eigenvalue weighted by molar-refractivity contribution is -0.145. The molecule has 0 aliphatic rings. The maximum Gasteiger partial charge on any atom is 0.416 e. The van der Waals surface area contributed by atoms with E-state index in [1.165, 1.54) is 18.2 Å². The van der Waals surface area contributed by atoms with Crippen LogP contribution in [-0.2, 0) is 22.1 Å². The molecule has 1 atom stereocenters. The van der Waals surface area contributed by atoms with Crippen molar-refractivity contribution in [3.8, 4) is 0 Å². The van der Waals surface area contributed by atoms with E-state index in [0.717, 1.165) is 6.07 Å². The lowest BCUT2D eigenvalue weighted by Crippen LogP contribution is -2.35. The molecule has 6 heteroatoms. The Morgan fingerprint density at radius 2 is 2.00 bits per heavy atom. The molecular weight excluding hydrogens is 247 g/mol. The zero-order valence-electron chi connectivity index (χ0n) is 9.83. The van der Waals surface area contributed by atoms with Crippen LogP contribution in [0.2, 0.25) is 0 Å². The van der Waals surface area contributed by atoms with E-state index in [1.54, 1.807) is 6.92 Å². The largest absolute Gasteiger partial charge is 0.465 e. The number of nitrogens with two attached hydrogens (primary N) is 1. The fourth-order valence-corrected chi connectivity index (χ4v) is 1.54. The quantitative estimate of drug-likeness (QED) is 0.845. The number of carbonyl (C=O) groups is 1. The number of ether oxygens (including phenoxy) is 1. The van der Waals surface area contributed by atoms with E-state index >= 15 is 0 Å². The predicted octanol–water partition coefficient (Wildman–Crippen LogP) is 2.14. The summed E-state index contributed by atoms with van der Waals surface area (Å²) in [6.45, 7) is 1.75. The Bertz CT molecular complexity index is 418. The van der Waals surface area contributed by atoms with Crippen LogP contribution in [0.3, 0.4) is 0 Å². The van der Waals surface area contributed by atoms with Crippen LogP contribution >= 0.6 is 0 Å². The van der Waals surface area contributed by atoms with Gasteiger partial charge in [0.1, 0.15) is 6.04 Å². The molecule has 0 aliphatic heterocycles. The molecule has 1 aromatic rings. The van der Waals surface area contributed by atoms with Crippen LogP contribution in [0.25, 0.3) is 0 Å². The molecule has 0 bridgehead atoms. The molecule has 0 amide bonds. The molecule has 1 unspecified atom stereocenters. The highest BCUT2D eigenvalue weighted by atomic mass is 19.4. The Balaban J connectivity index is 2.88. The highest BCUT2D eigenvalue weighted by Gasteiger charge is 2.33. The minimum Gasteiger partial charge on any atom is -0.465 e. The molecule has 0 aromatic heterocycles. The van der Waals surface area contributed by atoms with Crippen molar-refractivity contribution in [3.05, 3.63) is 35.4 Å². The van der Waals surface area contributed by atoms with Gasteiger partial charge in [0.15, 0.2) is 0 Å². The topological polar surface area (TPSA) is 52.3 Å². The van der Waals surface area contributed by atoms with E-state index < -0.39 is 23.8 Å². The van der Waals surface area contributed by atoms with Crippen LogP contribution in [0, 0.1) is 0 Å². The molecule has 1 rings (SSSR count). The Morgan fingerprint density at radius 1 is 1.39 bits per heavy atom. The van der Waals surface area contributed by atoms with Crippen LogP contribution in [0.4, 0.5) is 13.2 Å². The van der Waals surface area contributed by atoms with Gasteiger partial charge in [0, 0.05) is 0 Å². The summed E-state index contributed by atoms with van der Waals surface area (Å²) in [6.07, 6.45) is -4.65. The van der Waals surface area contributed by atoms with Gasteiger partial charge in [0.25, 0.3) is 0 Å². The van der Waals surface area contributed by atoms with Crippen molar-refractivity contribution in [3.63, 3.8) is 0 Å². The van der Waals surface area contributed by atoms with Gasteiger partial charge in [-0.05, 0) is 25.0 Å². The van der Waals surface area contributed by atoms with Gasteiger partial charge in [-0.15, -0.1) is 0 Å². The van der Waals surface area contributed by atoms with Crippen LogP contribution in [0.1, 0.15) is 18.1 Å². The second-order valence-electron chi connectivity index (χ2n) is 3.72. The number of rotatable bonds is 4. The minimum atomic E-state index is -4.45. The SMILES string of the molecule is CCOC(=O)C(N)Cc1ccccc1C(F)(F)F. The number of benzene rings is 1. The maximum absolute atomic E-state index is 12.7. The second-order valence-corrected chi connectivity index (χ2v) is 3.72. The molecule has 18 heavy (non-hydrogen) atoms. The van der Waals surface area contributed by atoms with Gasteiger partial charge in [-0.25, -0.2) is 0 Å². The summed E-state index contributed by atoms with van der Waals surface area (Å²) < 4.78 is 42.7. The van der Waals surface area contributed by atoms with Crippen molar-refractivity contribution < 1.29 is 22.7 Å². The zero-order chi connectivity index (χ0) is 13.8. The first-order valence-electron chi connectivity index (χ1n) is 5.43. The number of hydrogen-bond acceptors (Lipinski definition) is 3. The fourth-order valence-electron chi connectivity index (χ4n) is 1.54. The Morgan fingerprint density at radius 3 is 2.56 bits per heavy atom. The molecule has 2 N–H and O–H groups in total. The molecule has 0 fully saturated rings. The van der Waals surface area contributed by atoms with Gasteiger partial charge in [0.05, 0.1) is 12.2 Å². The van der Waals surface area contributed by atoms with Gasteiger partial charge in [-0.2, -0.15) is 13.2 Å². The number of alkyl halides is 3. The predicted molar refractivity (Wildman–Crippen MR) is 59.8 cm³/mol. The van der Waals surface area contributed by atoms with Gasteiger partial charge in [0.2, 0.25) is 0 Å². The van der Waals surface area contributed by atoms with Crippen molar-refractivity contribution in [2.45, 2.75) is 25.6 Å². The summed E-state index contributed by atoms with van der Waals surface area (Å²) in [6, 6.07) is 3.95. The molecule has 0 saturated carbocycles. The van der Waals surface area contributed by atoms with Crippen LogP contribution < -0.4 is 5.73 Å². The van der Waals surface area contributed by atoms with Gasteiger partial charge in [-0.3, -0.25) is 4.79 Å². The molecule has 0 radical (unpaired) electrons. The monoisotopic (exact) mass is 261 g/mol. The summed E-state index contributed by atoms with van der Waals surface area (Å²) in [5.74, 6) is -0.700. The van der Waals surface area contributed by atoms with E-state index in [1.807, 2.05) is 0 Å². The van der Waals surface area contributed by atoms with Crippen LogP contribution in [0.5, 0.6) is 0 Å². The third-order valence-electron chi connectivity index (χ3n) is 2.35. The second kappa shape index (κ2) is 5.86. The average molecular weight is 261 g/mol. The Hall–Kier alpha value is -1.56. The molecule has 3 nitrogen and oxygen atoms in total. The van der Waals surface area contributed by atoms with Gasteiger partial charge < -0.3 is 10.5 Å². The van der Waals surface area contributed by atoms with E-state index in [0.29, 0.717) is 0 Å². The third-order valence-corrected chi connectivity index (χ3v) is 2.35. The van der Waals surface area contributed by atoms with E-state index in [4.69, 9.17) is 5.73 Å². The highest BCUT2D eigenvalue weighted by molar-refractivity contribution is 5.75. The first kappa shape index (κ1) is 14.5. The van der Waals surface area contributed by atoms with E-state index in [-0.39, 0.29) is 18.6 Å². The molecule has 0 spiro atoms. The van der Waals surface area contributed by atoms with Crippen molar-refractivity contribution >= 4 is 5.97 Å². The third kappa shape index (κ3) is 3.73. The Labute approximate surface area is 103 Å². The lowest BCUT2D eigenvalue weighted by Gasteiger charge is -2.15. The first-order chi connectivity index (χ1) is 8.36. The zero-order valence-corrected chi connectivity index (χ0v) is 9.83. The van der Waals surface area contributed by atoms with Gasteiger partial charge in [-0.1, -0.05) is 18.2 Å². The van der Waals surface area contributed by atoms with E-state index in [2.05, 4.69) is 4.74 Å². The molecule has 1 aromatic carbocycles. The fraction of sp³-hybridized carbons (Fsp3) is 0.417.